The Labute approximate surface area is 127 Å². The van der Waals surface area contributed by atoms with Crippen LogP contribution in [-0.4, -0.2) is 48.3 Å². The predicted octanol–water partition coefficient (Wildman–Crippen LogP) is 1.12. The van der Waals surface area contributed by atoms with Gasteiger partial charge in [0, 0.05) is 25.9 Å². The molecule has 1 aliphatic heterocycles. The minimum absolute atomic E-state index is 0.0756. The second-order valence-corrected chi connectivity index (χ2v) is 8.35. The number of carboxylic acids is 1. The Morgan fingerprint density at radius 3 is 2.27 bits per heavy atom. The molecule has 9 heteroatoms. The van der Waals surface area contributed by atoms with Crippen LogP contribution in [0.3, 0.4) is 0 Å². The van der Waals surface area contributed by atoms with Crippen molar-refractivity contribution in [2.45, 2.75) is 43.6 Å². The molecule has 3 rings (SSSR count). The first-order chi connectivity index (χ1) is 10.1. The van der Waals surface area contributed by atoms with E-state index < -0.39 is 33.1 Å². The molecular weight excluding hydrogens is 318 g/mol. The van der Waals surface area contributed by atoms with Gasteiger partial charge in [-0.2, -0.15) is 17.4 Å². The molecule has 1 heterocycles. The molecule has 0 atom stereocenters. The summed E-state index contributed by atoms with van der Waals surface area (Å²) in [6.45, 7) is 0.471. The monoisotopic (exact) mass is 336 g/mol. The highest BCUT2D eigenvalue weighted by Gasteiger charge is 2.70. The fourth-order valence-electron chi connectivity index (χ4n) is 3.94. The minimum atomic E-state index is -3.95. The van der Waals surface area contributed by atoms with Crippen molar-refractivity contribution in [1.82, 2.24) is 9.03 Å². The molecule has 1 spiro atoms. The van der Waals surface area contributed by atoms with E-state index in [1.807, 2.05) is 6.08 Å². The van der Waals surface area contributed by atoms with Crippen molar-refractivity contribution in [1.29, 1.82) is 0 Å². The van der Waals surface area contributed by atoms with Gasteiger partial charge in [-0.3, -0.25) is 4.79 Å². The Hall–Kier alpha value is -1.06. The zero-order valence-corrected chi connectivity index (χ0v) is 12.7. The molecule has 2 aliphatic carbocycles. The molecule has 0 bridgehead atoms. The zero-order valence-electron chi connectivity index (χ0n) is 11.9. The first-order valence-electron chi connectivity index (χ1n) is 7.14. The van der Waals surface area contributed by atoms with Crippen molar-refractivity contribution in [3.8, 4) is 0 Å². The summed E-state index contributed by atoms with van der Waals surface area (Å²) in [5.74, 6) is -4.05. The summed E-state index contributed by atoms with van der Waals surface area (Å²) in [7, 11) is -3.95. The highest BCUT2D eigenvalue weighted by molar-refractivity contribution is 7.87. The molecule has 124 valence electrons. The summed E-state index contributed by atoms with van der Waals surface area (Å²) < 4.78 is 54.1. The van der Waals surface area contributed by atoms with Crippen LogP contribution in [0.2, 0.25) is 0 Å². The SMILES string of the molecule is O=C(O)C1(NS(=O)(=O)N2CC=CCC2)CC2(CC(F)(F)C2)C1. The molecule has 2 fully saturated rings. The fraction of sp³-hybridized carbons (Fsp3) is 0.769. The van der Waals surface area contributed by atoms with Gasteiger partial charge in [-0.15, -0.1) is 0 Å². The van der Waals surface area contributed by atoms with Crippen LogP contribution in [0.15, 0.2) is 12.2 Å². The van der Waals surface area contributed by atoms with E-state index in [0.29, 0.717) is 6.42 Å². The number of halogens is 2. The average molecular weight is 336 g/mol. The van der Waals surface area contributed by atoms with E-state index in [0.717, 1.165) is 4.31 Å². The van der Waals surface area contributed by atoms with Crippen LogP contribution in [0.5, 0.6) is 0 Å². The number of aliphatic carboxylic acids is 1. The van der Waals surface area contributed by atoms with Crippen LogP contribution < -0.4 is 4.72 Å². The summed E-state index contributed by atoms with van der Waals surface area (Å²) in [6, 6.07) is 0. The topological polar surface area (TPSA) is 86.7 Å². The van der Waals surface area contributed by atoms with Gasteiger partial charge in [0.15, 0.2) is 0 Å². The smallest absolute Gasteiger partial charge is 0.324 e. The molecule has 0 aromatic rings. The zero-order chi connectivity index (χ0) is 16.2. The molecule has 22 heavy (non-hydrogen) atoms. The summed E-state index contributed by atoms with van der Waals surface area (Å²) in [5, 5.41) is 9.38. The van der Waals surface area contributed by atoms with E-state index in [1.165, 1.54) is 0 Å². The van der Waals surface area contributed by atoms with Crippen molar-refractivity contribution < 1.29 is 27.1 Å². The quantitative estimate of drug-likeness (QED) is 0.753. The van der Waals surface area contributed by atoms with E-state index in [4.69, 9.17) is 0 Å². The number of hydrogen-bond donors (Lipinski definition) is 2. The van der Waals surface area contributed by atoms with E-state index in [9.17, 15) is 27.1 Å². The maximum Gasteiger partial charge on any atom is 0.324 e. The van der Waals surface area contributed by atoms with Gasteiger partial charge in [0.2, 0.25) is 5.92 Å². The van der Waals surface area contributed by atoms with Gasteiger partial charge < -0.3 is 5.11 Å². The maximum atomic E-state index is 13.0. The maximum absolute atomic E-state index is 13.0. The Bertz CT molecular complexity index is 616. The van der Waals surface area contributed by atoms with Gasteiger partial charge in [0.1, 0.15) is 5.54 Å². The second kappa shape index (κ2) is 4.72. The Morgan fingerprint density at radius 2 is 1.82 bits per heavy atom. The highest BCUT2D eigenvalue weighted by atomic mass is 32.2. The average Bonchev–Trinajstić information content (AvgIpc) is 2.34. The molecule has 2 N–H and O–H groups in total. The lowest BCUT2D eigenvalue weighted by Crippen LogP contribution is -2.71. The molecule has 0 amide bonds. The number of nitrogens with zero attached hydrogens (tertiary/aromatic N) is 1. The highest BCUT2D eigenvalue weighted by Crippen LogP contribution is 2.65. The Morgan fingerprint density at radius 1 is 1.18 bits per heavy atom. The third-order valence-corrected chi connectivity index (χ3v) is 6.38. The molecule has 0 unspecified atom stereocenters. The summed E-state index contributed by atoms with van der Waals surface area (Å²) in [4.78, 5) is 11.5. The van der Waals surface area contributed by atoms with Crippen LogP contribution in [0.1, 0.15) is 32.1 Å². The van der Waals surface area contributed by atoms with E-state index in [1.54, 1.807) is 6.08 Å². The first-order valence-corrected chi connectivity index (χ1v) is 8.58. The molecular formula is C13H18F2N2O4S. The van der Waals surface area contributed by atoms with Gasteiger partial charge in [0.25, 0.3) is 10.2 Å². The lowest BCUT2D eigenvalue weighted by molar-refractivity contribution is -0.219. The molecule has 2 saturated carbocycles. The van der Waals surface area contributed by atoms with Crippen molar-refractivity contribution in [2.75, 3.05) is 13.1 Å². The van der Waals surface area contributed by atoms with Gasteiger partial charge >= 0.3 is 5.97 Å². The number of carbonyl (C=O) groups is 1. The number of hydrogen-bond acceptors (Lipinski definition) is 3. The molecule has 3 aliphatic rings. The van der Waals surface area contributed by atoms with Gasteiger partial charge in [-0.25, -0.2) is 8.78 Å². The van der Waals surface area contributed by atoms with Gasteiger partial charge in [-0.1, -0.05) is 12.2 Å². The normalized spacial score (nSPS) is 28.8. The third-order valence-electron chi connectivity index (χ3n) is 4.72. The summed E-state index contributed by atoms with van der Waals surface area (Å²) >= 11 is 0. The van der Waals surface area contributed by atoms with E-state index in [2.05, 4.69) is 4.72 Å². The molecule has 6 nitrogen and oxygen atoms in total. The predicted molar refractivity (Wildman–Crippen MR) is 73.6 cm³/mol. The summed E-state index contributed by atoms with van der Waals surface area (Å²) in [6.07, 6.45) is 3.25. The second-order valence-electron chi connectivity index (χ2n) is 6.68. The molecule has 0 aromatic carbocycles. The third kappa shape index (κ3) is 2.55. The lowest BCUT2D eigenvalue weighted by atomic mass is 9.47. The molecule has 0 radical (unpaired) electrons. The van der Waals surface area contributed by atoms with E-state index >= 15 is 0 Å². The largest absolute Gasteiger partial charge is 0.480 e. The van der Waals surface area contributed by atoms with Crippen molar-refractivity contribution in [3.63, 3.8) is 0 Å². The Balaban J connectivity index is 1.72. The lowest BCUT2D eigenvalue weighted by Gasteiger charge is -2.61. The minimum Gasteiger partial charge on any atom is -0.480 e. The van der Waals surface area contributed by atoms with Crippen LogP contribution >= 0.6 is 0 Å². The van der Waals surface area contributed by atoms with Crippen LogP contribution in [0, 0.1) is 5.41 Å². The van der Waals surface area contributed by atoms with E-state index in [-0.39, 0.29) is 38.8 Å². The van der Waals surface area contributed by atoms with Crippen molar-refractivity contribution in [2.24, 2.45) is 5.41 Å². The van der Waals surface area contributed by atoms with Crippen LogP contribution in [0.25, 0.3) is 0 Å². The van der Waals surface area contributed by atoms with Gasteiger partial charge in [0.05, 0.1) is 0 Å². The van der Waals surface area contributed by atoms with Crippen LogP contribution in [0.4, 0.5) is 8.78 Å². The number of alkyl halides is 2. The van der Waals surface area contributed by atoms with Crippen molar-refractivity contribution >= 4 is 16.2 Å². The van der Waals surface area contributed by atoms with Gasteiger partial charge in [-0.05, 0) is 24.7 Å². The molecule has 0 saturated heterocycles. The fourth-order valence-corrected chi connectivity index (χ4v) is 5.42. The number of rotatable bonds is 4. The first kappa shape index (κ1) is 15.8. The Kier molecular flexibility index (Phi) is 3.39. The summed E-state index contributed by atoms with van der Waals surface area (Å²) in [5.41, 5.74) is -2.39. The number of nitrogens with one attached hydrogen (secondary N) is 1. The number of carboxylic acid groups (broad SMARTS) is 1. The van der Waals surface area contributed by atoms with Crippen molar-refractivity contribution in [3.05, 3.63) is 12.2 Å². The molecule has 0 aromatic heterocycles. The standard InChI is InChI=1S/C13H18F2N2O4S/c14-13(15)8-11(9-13)6-12(7-11,10(18)19)16-22(20,21)17-4-2-1-3-5-17/h1-2,16H,3-9H2,(H,18,19). The van der Waals surface area contributed by atoms with Crippen LogP contribution in [-0.2, 0) is 15.0 Å².